The number of amides is 1. The van der Waals surface area contributed by atoms with Gasteiger partial charge in [-0.15, -0.1) is 0 Å². The molecule has 1 amide bonds. The molecule has 1 atom stereocenters. The van der Waals surface area contributed by atoms with Crippen LogP contribution in [0.5, 0.6) is 11.5 Å². The van der Waals surface area contributed by atoms with E-state index in [1.165, 1.54) is 7.11 Å². The summed E-state index contributed by atoms with van der Waals surface area (Å²) in [6, 6.07) is 11.8. The van der Waals surface area contributed by atoms with E-state index in [1.807, 2.05) is 12.1 Å². The molecular weight excluding hydrogens is 390 g/mol. The Kier molecular flexibility index (Phi) is 5.92. The molecule has 0 saturated carbocycles. The van der Waals surface area contributed by atoms with Gasteiger partial charge in [0.2, 0.25) is 0 Å². The van der Waals surface area contributed by atoms with Gasteiger partial charge in [-0.05, 0) is 42.3 Å². The SMILES string of the molecule is COc1cc(C(=O)NC2CCS(=O)(=O)C2)ccc1OCc1ccc(Cl)cc1. The summed E-state index contributed by atoms with van der Waals surface area (Å²) in [6.07, 6.45) is 0.438. The highest BCUT2D eigenvalue weighted by molar-refractivity contribution is 7.91. The van der Waals surface area contributed by atoms with Crippen molar-refractivity contribution < 1.29 is 22.7 Å². The van der Waals surface area contributed by atoms with E-state index >= 15 is 0 Å². The molecule has 2 aromatic carbocycles. The highest BCUT2D eigenvalue weighted by Gasteiger charge is 2.29. The lowest BCUT2D eigenvalue weighted by Gasteiger charge is -2.14. The van der Waals surface area contributed by atoms with E-state index in [4.69, 9.17) is 21.1 Å². The smallest absolute Gasteiger partial charge is 0.251 e. The molecule has 27 heavy (non-hydrogen) atoms. The van der Waals surface area contributed by atoms with Gasteiger partial charge >= 0.3 is 0 Å². The molecule has 0 bridgehead atoms. The molecule has 0 aromatic heterocycles. The van der Waals surface area contributed by atoms with Crippen LogP contribution < -0.4 is 14.8 Å². The Hall–Kier alpha value is -2.25. The Labute approximate surface area is 163 Å². The second-order valence-corrected chi connectivity index (χ2v) is 9.02. The topological polar surface area (TPSA) is 81.7 Å². The maximum absolute atomic E-state index is 12.4. The van der Waals surface area contributed by atoms with Gasteiger partial charge in [0, 0.05) is 16.6 Å². The van der Waals surface area contributed by atoms with Crippen molar-refractivity contribution in [2.45, 2.75) is 19.1 Å². The maximum atomic E-state index is 12.4. The van der Waals surface area contributed by atoms with E-state index in [1.54, 1.807) is 30.3 Å². The molecule has 1 aliphatic heterocycles. The summed E-state index contributed by atoms with van der Waals surface area (Å²) in [7, 11) is -1.55. The van der Waals surface area contributed by atoms with E-state index in [0.29, 0.717) is 35.1 Å². The van der Waals surface area contributed by atoms with Crippen molar-refractivity contribution in [2.24, 2.45) is 0 Å². The zero-order valence-corrected chi connectivity index (χ0v) is 16.3. The minimum absolute atomic E-state index is 0.0157. The van der Waals surface area contributed by atoms with Crippen LogP contribution >= 0.6 is 11.6 Å². The van der Waals surface area contributed by atoms with E-state index < -0.39 is 9.84 Å². The summed E-state index contributed by atoms with van der Waals surface area (Å²) in [5.74, 6) is 0.694. The number of halogens is 1. The lowest BCUT2D eigenvalue weighted by Crippen LogP contribution is -2.35. The lowest BCUT2D eigenvalue weighted by molar-refractivity contribution is 0.0940. The first-order chi connectivity index (χ1) is 12.9. The molecule has 1 heterocycles. The van der Waals surface area contributed by atoms with Gasteiger partial charge in [-0.1, -0.05) is 23.7 Å². The predicted octanol–water partition coefficient (Wildman–Crippen LogP) is 2.84. The molecular formula is C19H20ClNO5S. The number of sulfone groups is 1. The van der Waals surface area contributed by atoms with Gasteiger partial charge in [-0.25, -0.2) is 8.42 Å². The molecule has 8 heteroatoms. The Balaban J connectivity index is 1.66. The third-order valence-electron chi connectivity index (χ3n) is 4.30. The molecule has 1 unspecified atom stereocenters. The molecule has 2 aromatic rings. The van der Waals surface area contributed by atoms with Crippen LogP contribution in [-0.2, 0) is 16.4 Å². The number of hydrogen-bond donors (Lipinski definition) is 1. The number of methoxy groups -OCH3 is 1. The lowest BCUT2D eigenvalue weighted by atomic mass is 10.1. The minimum atomic E-state index is -3.05. The zero-order valence-electron chi connectivity index (χ0n) is 14.8. The highest BCUT2D eigenvalue weighted by Crippen LogP contribution is 2.29. The highest BCUT2D eigenvalue weighted by atomic mass is 35.5. The van der Waals surface area contributed by atoms with E-state index in [2.05, 4.69) is 5.32 Å². The second-order valence-electron chi connectivity index (χ2n) is 6.35. The third kappa shape index (κ3) is 5.14. The van der Waals surface area contributed by atoms with Crippen molar-refractivity contribution >= 4 is 27.3 Å². The molecule has 1 fully saturated rings. The minimum Gasteiger partial charge on any atom is -0.493 e. The van der Waals surface area contributed by atoms with Crippen LogP contribution in [-0.4, -0.2) is 39.0 Å². The van der Waals surface area contributed by atoms with Crippen LogP contribution in [0.3, 0.4) is 0 Å². The summed E-state index contributed by atoms with van der Waals surface area (Å²) >= 11 is 5.87. The van der Waals surface area contributed by atoms with Crippen LogP contribution in [0.4, 0.5) is 0 Å². The molecule has 1 aliphatic rings. The van der Waals surface area contributed by atoms with Gasteiger partial charge < -0.3 is 14.8 Å². The summed E-state index contributed by atoms with van der Waals surface area (Å²) in [6.45, 7) is 0.332. The van der Waals surface area contributed by atoms with Crippen molar-refractivity contribution in [1.82, 2.24) is 5.32 Å². The zero-order chi connectivity index (χ0) is 19.4. The van der Waals surface area contributed by atoms with Crippen LogP contribution in [0.1, 0.15) is 22.3 Å². The fraction of sp³-hybridized carbons (Fsp3) is 0.316. The molecule has 3 rings (SSSR count). The summed E-state index contributed by atoms with van der Waals surface area (Å²) in [5, 5.41) is 3.41. The fourth-order valence-electron chi connectivity index (χ4n) is 2.85. The standard InChI is InChI=1S/C19H20ClNO5S/c1-25-18-10-14(19(22)21-16-8-9-27(23,24)12-16)4-7-17(18)26-11-13-2-5-15(20)6-3-13/h2-7,10,16H,8-9,11-12H2,1H3,(H,21,22). The monoisotopic (exact) mass is 409 g/mol. The van der Waals surface area contributed by atoms with Gasteiger partial charge in [0.25, 0.3) is 5.91 Å². The average molecular weight is 410 g/mol. The van der Waals surface area contributed by atoms with Crippen molar-refractivity contribution in [3.8, 4) is 11.5 Å². The normalized spacial score (nSPS) is 18.1. The molecule has 0 radical (unpaired) electrons. The van der Waals surface area contributed by atoms with Crippen LogP contribution in [0.2, 0.25) is 5.02 Å². The van der Waals surface area contributed by atoms with Crippen LogP contribution in [0, 0.1) is 0 Å². The first-order valence-corrected chi connectivity index (χ1v) is 10.6. The number of benzene rings is 2. The summed E-state index contributed by atoms with van der Waals surface area (Å²) < 4.78 is 34.1. The number of rotatable bonds is 6. The van der Waals surface area contributed by atoms with Crippen molar-refractivity contribution in [1.29, 1.82) is 0 Å². The number of ether oxygens (including phenoxy) is 2. The Bertz CT molecular complexity index is 928. The number of hydrogen-bond acceptors (Lipinski definition) is 5. The van der Waals surface area contributed by atoms with Gasteiger partial charge in [0.1, 0.15) is 6.61 Å². The predicted molar refractivity (Wildman–Crippen MR) is 103 cm³/mol. The largest absolute Gasteiger partial charge is 0.493 e. The van der Waals surface area contributed by atoms with Crippen molar-refractivity contribution in [2.75, 3.05) is 18.6 Å². The molecule has 144 valence electrons. The fourth-order valence-corrected chi connectivity index (χ4v) is 4.65. The Morgan fingerprint density at radius 3 is 2.56 bits per heavy atom. The third-order valence-corrected chi connectivity index (χ3v) is 6.32. The van der Waals surface area contributed by atoms with Gasteiger partial charge in [-0.2, -0.15) is 0 Å². The van der Waals surface area contributed by atoms with Crippen molar-refractivity contribution in [3.05, 3.63) is 58.6 Å². The summed E-state index contributed by atoms with van der Waals surface area (Å²) in [4.78, 5) is 12.4. The quantitative estimate of drug-likeness (QED) is 0.793. The van der Waals surface area contributed by atoms with E-state index in [0.717, 1.165) is 5.56 Å². The Morgan fingerprint density at radius 1 is 1.19 bits per heavy atom. The first kappa shape index (κ1) is 19.5. The van der Waals surface area contributed by atoms with Gasteiger partial charge in [0.05, 0.1) is 18.6 Å². The number of nitrogens with one attached hydrogen (secondary N) is 1. The molecule has 1 N–H and O–H groups in total. The van der Waals surface area contributed by atoms with Gasteiger partial charge in [-0.3, -0.25) is 4.79 Å². The van der Waals surface area contributed by atoms with Crippen molar-refractivity contribution in [3.63, 3.8) is 0 Å². The van der Waals surface area contributed by atoms with Crippen LogP contribution in [0.25, 0.3) is 0 Å². The van der Waals surface area contributed by atoms with Gasteiger partial charge in [0.15, 0.2) is 21.3 Å². The van der Waals surface area contributed by atoms with E-state index in [-0.39, 0.29) is 23.5 Å². The maximum Gasteiger partial charge on any atom is 0.251 e. The number of carbonyl (C=O) groups excluding carboxylic acids is 1. The second kappa shape index (κ2) is 8.19. The van der Waals surface area contributed by atoms with E-state index in [9.17, 15) is 13.2 Å². The molecule has 1 saturated heterocycles. The number of carbonyl (C=O) groups is 1. The first-order valence-electron chi connectivity index (χ1n) is 8.43. The molecule has 0 aliphatic carbocycles. The molecule has 0 spiro atoms. The Morgan fingerprint density at radius 2 is 1.93 bits per heavy atom. The van der Waals surface area contributed by atoms with Crippen LogP contribution in [0.15, 0.2) is 42.5 Å². The summed E-state index contributed by atoms with van der Waals surface area (Å²) in [5.41, 5.74) is 1.33. The average Bonchev–Trinajstić information content (AvgIpc) is 2.99. The molecule has 6 nitrogen and oxygen atoms in total.